The van der Waals surface area contributed by atoms with Gasteiger partial charge in [-0.05, 0) is 31.2 Å². The van der Waals surface area contributed by atoms with Crippen LogP contribution in [-0.2, 0) is 11.2 Å². The molecule has 160 valence electrons. The molecule has 1 atom stereocenters. The quantitative estimate of drug-likeness (QED) is 0.731. The number of rotatable bonds is 6. The Morgan fingerprint density at radius 2 is 1.77 bits per heavy atom. The topological polar surface area (TPSA) is 87.2 Å². The van der Waals surface area contributed by atoms with Gasteiger partial charge in [0, 0.05) is 25.4 Å². The number of carbonyl (C=O) groups excluding carboxylic acids is 2. The number of amides is 3. The molecule has 1 aromatic heterocycles. The van der Waals surface area contributed by atoms with Crippen molar-refractivity contribution in [3.05, 3.63) is 40.9 Å². The van der Waals surface area contributed by atoms with E-state index >= 15 is 0 Å². The van der Waals surface area contributed by atoms with Crippen molar-refractivity contribution >= 4 is 28.4 Å². The van der Waals surface area contributed by atoms with Crippen LogP contribution in [0.4, 0.5) is 9.93 Å². The molecule has 1 saturated carbocycles. The first-order valence-electron chi connectivity index (χ1n) is 10.9. The van der Waals surface area contributed by atoms with Crippen LogP contribution < -0.4 is 10.6 Å². The number of hydrogen-bond acceptors (Lipinski definition) is 5. The molecule has 4 rings (SSSR count). The Morgan fingerprint density at radius 1 is 1.03 bits per heavy atom. The van der Waals surface area contributed by atoms with Crippen molar-refractivity contribution < 1.29 is 9.59 Å². The zero-order valence-corrected chi connectivity index (χ0v) is 18.0. The number of aromatic nitrogens is 2. The molecule has 3 amide bonds. The van der Waals surface area contributed by atoms with Crippen molar-refractivity contribution in [1.29, 1.82) is 0 Å². The van der Waals surface area contributed by atoms with E-state index in [2.05, 4.69) is 20.8 Å². The van der Waals surface area contributed by atoms with E-state index in [1.54, 1.807) is 4.90 Å². The summed E-state index contributed by atoms with van der Waals surface area (Å²) in [6, 6.07) is 8.91. The molecular formula is C22H29N5O2S. The Balaban J connectivity index is 1.43. The fraction of sp³-hybridized carbons (Fsp3) is 0.545. The highest BCUT2D eigenvalue weighted by Crippen LogP contribution is 2.35. The van der Waals surface area contributed by atoms with E-state index in [-0.39, 0.29) is 11.9 Å². The average Bonchev–Trinajstić information content (AvgIpc) is 3.47. The first kappa shape index (κ1) is 20.8. The zero-order chi connectivity index (χ0) is 20.8. The summed E-state index contributed by atoms with van der Waals surface area (Å²) in [5.74, 6) is 0.203. The predicted octanol–water partition coefficient (Wildman–Crippen LogP) is 3.94. The smallest absolute Gasteiger partial charge is 0.318 e. The van der Waals surface area contributed by atoms with Crippen LogP contribution in [0.1, 0.15) is 61.4 Å². The van der Waals surface area contributed by atoms with Gasteiger partial charge in [0.25, 0.3) is 0 Å². The second-order valence-electron chi connectivity index (χ2n) is 8.16. The van der Waals surface area contributed by atoms with E-state index in [4.69, 9.17) is 0 Å². The number of nitrogens with zero attached hydrogens (tertiary/aromatic N) is 3. The number of anilines is 1. The highest BCUT2D eigenvalue weighted by molar-refractivity contribution is 7.15. The fourth-order valence-electron chi connectivity index (χ4n) is 4.21. The molecule has 0 radical (unpaired) electrons. The van der Waals surface area contributed by atoms with Crippen molar-refractivity contribution in [3.8, 4) is 0 Å². The van der Waals surface area contributed by atoms with Gasteiger partial charge in [0.15, 0.2) is 0 Å². The highest BCUT2D eigenvalue weighted by Gasteiger charge is 2.27. The lowest BCUT2D eigenvalue weighted by Crippen LogP contribution is -2.49. The second kappa shape index (κ2) is 10.0. The molecule has 1 aromatic carbocycles. The summed E-state index contributed by atoms with van der Waals surface area (Å²) in [7, 11) is 0. The van der Waals surface area contributed by atoms with Gasteiger partial charge >= 0.3 is 6.03 Å². The van der Waals surface area contributed by atoms with Crippen LogP contribution in [0.3, 0.4) is 0 Å². The minimum atomic E-state index is -0.664. The van der Waals surface area contributed by atoms with E-state index < -0.39 is 6.04 Å². The van der Waals surface area contributed by atoms with Gasteiger partial charge in [-0.25, -0.2) is 4.79 Å². The Hall–Kier alpha value is -2.48. The van der Waals surface area contributed by atoms with E-state index in [1.165, 1.54) is 30.6 Å². The lowest BCUT2D eigenvalue weighted by Gasteiger charge is -2.22. The Labute approximate surface area is 181 Å². The SMILES string of the molecule is O=C(Nc1nnc(C2CCCCC2)s1)C(Cc1ccccc1)NC(=O)N1CCCC1. The minimum absolute atomic E-state index is 0.177. The van der Waals surface area contributed by atoms with Crippen LogP contribution in [0.25, 0.3) is 0 Å². The molecule has 2 aliphatic rings. The Morgan fingerprint density at radius 3 is 2.50 bits per heavy atom. The third-order valence-corrected chi connectivity index (χ3v) is 6.92. The van der Waals surface area contributed by atoms with E-state index in [0.717, 1.165) is 49.3 Å². The molecule has 2 fully saturated rings. The third-order valence-electron chi connectivity index (χ3n) is 5.92. The van der Waals surface area contributed by atoms with Gasteiger partial charge in [-0.15, -0.1) is 10.2 Å². The molecule has 2 aromatic rings. The molecule has 30 heavy (non-hydrogen) atoms. The van der Waals surface area contributed by atoms with Gasteiger partial charge in [-0.3, -0.25) is 10.1 Å². The van der Waals surface area contributed by atoms with Crippen molar-refractivity contribution in [1.82, 2.24) is 20.4 Å². The summed E-state index contributed by atoms with van der Waals surface area (Å²) in [5.41, 5.74) is 1.000. The largest absolute Gasteiger partial charge is 0.326 e. The maximum Gasteiger partial charge on any atom is 0.318 e. The average molecular weight is 428 g/mol. The number of benzene rings is 1. The summed E-state index contributed by atoms with van der Waals surface area (Å²) in [5, 5.41) is 15.8. The monoisotopic (exact) mass is 427 g/mol. The third kappa shape index (κ3) is 5.36. The highest BCUT2D eigenvalue weighted by atomic mass is 32.1. The number of nitrogens with one attached hydrogen (secondary N) is 2. The summed E-state index contributed by atoms with van der Waals surface area (Å²) < 4.78 is 0. The fourth-order valence-corrected chi connectivity index (χ4v) is 5.13. The molecular weight excluding hydrogens is 398 g/mol. The second-order valence-corrected chi connectivity index (χ2v) is 9.16. The molecule has 1 aliphatic heterocycles. The number of likely N-dealkylation sites (tertiary alicyclic amines) is 1. The van der Waals surface area contributed by atoms with Crippen LogP contribution in [0.5, 0.6) is 0 Å². The molecule has 7 nitrogen and oxygen atoms in total. The number of urea groups is 1. The van der Waals surface area contributed by atoms with Crippen LogP contribution >= 0.6 is 11.3 Å². The lowest BCUT2D eigenvalue weighted by molar-refractivity contribution is -0.118. The molecule has 0 bridgehead atoms. The Kier molecular flexibility index (Phi) is 6.94. The molecule has 1 unspecified atom stereocenters. The first-order valence-corrected chi connectivity index (χ1v) is 11.7. The molecule has 8 heteroatoms. The predicted molar refractivity (Wildman–Crippen MR) is 118 cm³/mol. The van der Waals surface area contributed by atoms with Crippen LogP contribution in [0, 0.1) is 0 Å². The van der Waals surface area contributed by atoms with Crippen LogP contribution in [-0.4, -0.2) is 46.2 Å². The summed E-state index contributed by atoms with van der Waals surface area (Å²) in [4.78, 5) is 27.4. The summed E-state index contributed by atoms with van der Waals surface area (Å²) in [6.07, 6.45) is 8.49. The zero-order valence-electron chi connectivity index (χ0n) is 17.2. The van der Waals surface area contributed by atoms with Crippen molar-refractivity contribution in [2.24, 2.45) is 0 Å². The molecule has 1 aliphatic carbocycles. The molecule has 2 heterocycles. The molecule has 0 spiro atoms. The Bertz CT molecular complexity index is 844. The lowest BCUT2D eigenvalue weighted by atomic mass is 9.90. The summed E-state index contributed by atoms with van der Waals surface area (Å²) >= 11 is 1.46. The van der Waals surface area contributed by atoms with Crippen molar-refractivity contribution in [2.75, 3.05) is 18.4 Å². The minimum Gasteiger partial charge on any atom is -0.326 e. The van der Waals surface area contributed by atoms with E-state index in [1.807, 2.05) is 30.3 Å². The first-order chi connectivity index (χ1) is 14.7. The van der Waals surface area contributed by atoms with Gasteiger partial charge in [0.1, 0.15) is 11.0 Å². The maximum atomic E-state index is 13.0. The molecule has 1 saturated heterocycles. The number of hydrogen-bond donors (Lipinski definition) is 2. The van der Waals surface area contributed by atoms with Gasteiger partial charge < -0.3 is 10.2 Å². The van der Waals surface area contributed by atoms with Crippen molar-refractivity contribution in [2.45, 2.75) is 63.3 Å². The van der Waals surface area contributed by atoms with E-state index in [9.17, 15) is 9.59 Å². The van der Waals surface area contributed by atoms with E-state index in [0.29, 0.717) is 17.5 Å². The van der Waals surface area contributed by atoms with Gasteiger partial charge in [-0.1, -0.05) is 60.9 Å². The van der Waals surface area contributed by atoms with Crippen LogP contribution in [0.2, 0.25) is 0 Å². The van der Waals surface area contributed by atoms with Gasteiger partial charge in [-0.2, -0.15) is 0 Å². The van der Waals surface area contributed by atoms with Gasteiger partial charge in [0.05, 0.1) is 0 Å². The maximum absolute atomic E-state index is 13.0. The van der Waals surface area contributed by atoms with Gasteiger partial charge in [0.2, 0.25) is 11.0 Å². The number of carbonyl (C=O) groups is 2. The van der Waals surface area contributed by atoms with Crippen molar-refractivity contribution in [3.63, 3.8) is 0 Å². The van der Waals surface area contributed by atoms with Crippen LogP contribution in [0.15, 0.2) is 30.3 Å². The summed E-state index contributed by atoms with van der Waals surface area (Å²) in [6.45, 7) is 1.49. The standard InChI is InChI=1S/C22H29N5O2S/c28-19(24-21-26-25-20(30-21)17-11-5-2-6-12-17)18(15-16-9-3-1-4-10-16)23-22(29)27-13-7-8-14-27/h1,3-4,9-10,17-18H,2,5-8,11-15H2,(H,23,29)(H,24,26,28). The normalized spacial score (nSPS) is 18.2. The molecule has 2 N–H and O–H groups in total.